The van der Waals surface area contributed by atoms with Crippen LogP contribution in [0.3, 0.4) is 0 Å². The summed E-state index contributed by atoms with van der Waals surface area (Å²) in [5.74, 6) is 0.715. The number of hydrogen-bond donors (Lipinski definition) is 0. The van der Waals surface area contributed by atoms with Gasteiger partial charge < -0.3 is 9.64 Å². The molecule has 2 aliphatic rings. The fourth-order valence-electron chi connectivity index (χ4n) is 5.43. The summed E-state index contributed by atoms with van der Waals surface area (Å²) >= 11 is 6.57. The number of carbonyl (C=O) groups excluding carboxylic acids is 1. The van der Waals surface area contributed by atoms with Gasteiger partial charge in [-0.3, -0.25) is 9.69 Å². The second kappa shape index (κ2) is 10.3. The minimum absolute atomic E-state index is 0.0444. The van der Waals surface area contributed by atoms with Gasteiger partial charge >= 0.3 is 0 Å². The standard InChI is InChI=1S/C29H30ClN2O2/c30-26-14-8-7-13-25(26)27(23-9-3-1-4-10-23)28(33)31-17-15-29(16-18-31,24-11-5-2-6-12-24)32-19-21-34-22-20-32/h1-14H,15-22H2. The monoisotopic (exact) mass is 473 g/mol. The molecule has 5 heteroatoms. The molecule has 175 valence electrons. The molecule has 2 heterocycles. The Bertz CT molecular complexity index is 1090. The second-order valence-electron chi connectivity index (χ2n) is 9.01. The number of ether oxygens (including phenoxy) is 1. The predicted molar refractivity (Wildman–Crippen MR) is 136 cm³/mol. The van der Waals surface area contributed by atoms with Crippen molar-refractivity contribution in [2.45, 2.75) is 18.4 Å². The van der Waals surface area contributed by atoms with E-state index in [1.165, 1.54) is 5.56 Å². The molecule has 34 heavy (non-hydrogen) atoms. The summed E-state index contributed by atoms with van der Waals surface area (Å²) in [7, 11) is 0. The first-order valence-electron chi connectivity index (χ1n) is 12.0. The highest BCUT2D eigenvalue weighted by atomic mass is 35.5. The molecule has 3 aromatic rings. The SMILES string of the molecule is O=C([C](c1ccccc1)c1ccccc1Cl)N1CCC(c2ccccc2)(N2CCOCC2)CC1. The Hall–Kier alpha value is -2.66. The highest BCUT2D eigenvalue weighted by Crippen LogP contribution is 2.41. The van der Waals surface area contributed by atoms with Gasteiger partial charge in [-0.15, -0.1) is 0 Å². The number of halogens is 1. The average molecular weight is 474 g/mol. The summed E-state index contributed by atoms with van der Waals surface area (Å²) in [5.41, 5.74) is 2.95. The van der Waals surface area contributed by atoms with E-state index in [1.807, 2.05) is 59.5 Å². The van der Waals surface area contributed by atoms with Crippen molar-refractivity contribution in [3.8, 4) is 0 Å². The lowest BCUT2D eigenvalue weighted by Gasteiger charge is -2.50. The third kappa shape index (κ3) is 4.50. The number of nitrogens with zero attached hydrogens (tertiary/aromatic N) is 2. The van der Waals surface area contributed by atoms with Crippen LogP contribution in [0.25, 0.3) is 0 Å². The van der Waals surface area contributed by atoms with Crippen molar-refractivity contribution >= 4 is 17.5 Å². The summed E-state index contributed by atoms with van der Waals surface area (Å²) in [4.78, 5) is 18.6. The molecule has 0 spiro atoms. The van der Waals surface area contributed by atoms with Gasteiger partial charge in [0.25, 0.3) is 0 Å². The zero-order valence-corrected chi connectivity index (χ0v) is 20.1. The summed E-state index contributed by atoms with van der Waals surface area (Å²) in [6.45, 7) is 4.76. The fraction of sp³-hybridized carbons (Fsp3) is 0.310. The van der Waals surface area contributed by atoms with Gasteiger partial charge in [0.05, 0.1) is 13.2 Å². The fourth-order valence-corrected chi connectivity index (χ4v) is 5.66. The highest BCUT2D eigenvalue weighted by molar-refractivity contribution is 6.32. The molecule has 0 N–H and O–H groups in total. The lowest BCUT2D eigenvalue weighted by Crippen LogP contribution is -2.57. The van der Waals surface area contributed by atoms with Crippen LogP contribution < -0.4 is 0 Å². The summed E-state index contributed by atoms with van der Waals surface area (Å²) in [5, 5.41) is 0.596. The van der Waals surface area contributed by atoms with Crippen LogP contribution in [0, 0.1) is 5.92 Å². The first-order chi connectivity index (χ1) is 16.7. The Morgan fingerprint density at radius 3 is 2.00 bits per heavy atom. The van der Waals surface area contributed by atoms with Crippen LogP contribution in [0.2, 0.25) is 5.02 Å². The van der Waals surface area contributed by atoms with Gasteiger partial charge in [0.15, 0.2) is 0 Å². The zero-order valence-electron chi connectivity index (χ0n) is 19.3. The topological polar surface area (TPSA) is 32.8 Å². The molecule has 0 atom stereocenters. The maximum absolute atomic E-state index is 14.0. The highest BCUT2D eigenvalue weighted by Gasteiger charge is 2.43. The molecule has 2 fully saturated rings. The molecule has 0 bridgehead atoms. The summed E-state index contributed by atoms with van der Waals surface area (Å²) < 4.78 is 5.65. The average Bonchev–Trinajstić information content (AvgIpc) is 2.91. The molecular formula is C29H30ClN2O2. The van der Waals surface area contributed by atoms with Gasteiger partial charge in [-0.2, -0.15) is 0 Å². The van der Waals surface area contributed by atoms with Crippen molar-refractivity contribution in [1.82, 2.24) is 9.80 Å². The molecule has 3 aromatic carbocycles. The van der Waals surface area contributed by atoms with Crippen molar-refractivity contribution in [3.63, 3.8) is 0 Å². The van der Waals surface area contributed by atoms with E-state index in [4.69, 9.17) is 16.3 Å². The largest absolute Gasteiger partial charge is 0.379 e. The predicted octanol–water partition coefficient (Wildman–Crippen LogP) is 5.16. The van der Waals surface area contributed by atoms with Crippen molar-refractivity contribution < 1.29 is 9.53 Å². The van der Waals surface area contributed by atoms with Crippen LogP contribution in [0.1, 0.15) is 29.5 Å². The van der Waals surface area contributed by atoms with E-state index >= 15 is 0 Å². The Kier molecular flexibility index (Phi) is 7.00. The molecule has 0 aromatic heterocycles. The van der Waals surface area contributed by atoms with Gasteiger partial charge in [-0.05, 0) is 35.6 Å². The van der Waals surface area contributed by atoms with Crippen LogP contribution in [0.5, 0.6) is 0 Å². The van der Waals surface area contributed by atoms with E-state index in [-0.39, 0.29) is 11.4 Å². The van der Waals surface area contributed by atoms with E-state index in [0.29, 0.717) is 24.0 Å². The Morgan fingerprint density at radius 1 is 0.765 bits per heavy atom. The normalized spacial score (nSPS) is 18.7. The molecular weight excluding hydrogens is 444 g/mol. The van der Waals surface area contributed by atoms with Gasteiger partial charge in [0, 0.05) is 36.7 Å². The number of rotatable bonds is 5. The lowest BCUT2D eigenvalue weighted by molar-refractivity contribution is -0.132. The van der Waals surface area contributed by atoms with Gasteiger partial charge in [0.2, 0.25) is 5.91 Å². The smallest absolute Gasteiger partial charge is 0.239 e. The van der Waals surface area contributed by atoms with Crippen LogP contribution in [0.15, 0.2) is 84.9 Å². The quantitative estimate of drug-likeness (QED) is 0.513. The Balaban J connectivity index is 1.43. The van der Waals surface area contributed by atoms with Gasteiger partial charge in [-0.1, -0.05) is 90.5 Å². The van der Waals surface area contributed by atoms with Crippen molar-refractivity contribution in [1.29, 1.82) is 0 Å². The van der Waals surface area contributed by atoms with E-state index in [9.17, 15) is 4.79 Å². The molecule has 2 aliphatic heterocycles. The Labute approximate surface area is 207 Å². The van der Waals surface area contributed by atoms with E-state index < -0.39 is 0 Å². The van der Waals surface area contributed by atoms with Crippen LogP contribution in [-0.4, -0.2) is 55.1 Å². The number of benzene rings is 3. The van der Waals surface area contributed by atoms with Crippen molar-refractivity contribution in [2.24, 2.45) is 0 Å². The maximum atomic E-state index is 14.0. The zero-order chi connectivity index (χ0) is 23.4. The molecule has 5 rings (SSSR count). The summed E-state index contributed by atoms with van der Waals surface area (Å²) in [6.07, 6.45) is 1.79. The van der Waals surface area contributed by atoms with Crippen LogP contribution in [-0.2, 0) is 15.1 Å². The molecule has 4 nitrogen and oxygen atoms in total. The van der Waals surface area contributed by atoms with E-state index in [2.05, 4.69) is 35.2 Å². The van der Waals surface area contributed by atoms with Crippen molar-refractivity contribution in [2.75, 3.05) is 39.4 Å². The number of piperidine rings is 1. The summed E-state index contributed by atoms with van der Waals surface area (Å²) in [6, 6.07) is 28.3. The number of hydrogen-bond acceptors (Lipinski definition) is 3. The van der Waals surface area contributed by atoms with Gasteiger partial charge in [0.1, 0.15) is 5.92 Å². The Morgan fingerprint density at radius 2 is 1.35 bits per heavy atom. The number of likely N-dealkylation sites (tertiary alicyclic amines) is 1. The third-order valence-corrected chi connectivity index (χ3v) is 7.55. The lowest BCUT2D eigenvalue weighted by atomic mass is 9.78. The third-order valence-electron chi connectivity index (χ3n) is 7.22. The number of amides is 1. The molecule has 2 saturated heterocycles. The van der Waals surface area contributed by atoms with Crippen molar-refractivity contribution in [3.05, 3.63) is 113 Å². The first-order valence-corrected chi connectivity index (χ1v) is 12.4. The van der Waals surface area contributed by atoms with E-state index in [1.54, 1.807) is 0 Å². The first kappa shape index (κ1) is 23.1. The van der Waals surface area contributed by atoms with E-state index in [0.717, 1.165) is 50.3 Å². The minimum Gasteiger partial charge on any atom is -0.379 e. The van der Waals surface area contributed by atoms with Crippen LogP contribution in [0.4, 0.5) is 0 Å². The minimum atomic E-state index is -0.0703. The molecule has 0 unspecified atom stereocenters. The molecule has 1 amide bonds. The number of carbonyl (C=O) groups is 1. The van der Waals surface area contributed by atoms with Gasteiger partial charge in [-0.25, -0.2) is 0 Å². The number of morpholine rings is 1. The molecule has 0 saturated carbocycles. The molecule has 0 aliphatic carbocycles. The van der Waals surface area contributed by atoms with Crippen LogP contribution >= 0.6 is 11.6 Å². The second-order valence-corrected chi connectivity index (χ2v) is 9.42. The molecule has 1 radical (unpaired) electrons. The maximum Gasteiger partial charge on any atom is 0.239 e.